The fourth-order valence-corrected chi connectivity index (χ4v) is 2.59. The highest BCUT2D eigenvalue weighted by Crippen LogP contribution is 2.41. The van der Waals surface area contributed by atoms with Crippen LogP contribution in [-0.4, -0.2) is 29.3 Å². The van der Waals surface area contributed by atoms with E-state index in [4.69, 9.17) is 4.74 Å². The van der Waals surface area contributed by atoms with Gasteiger partial charge in [0.2, 0.25) is 0 Å². The van der Waals surface area contributed by atoms with Crippen molar-refractivity contribution in [2.24, 2.45) is 5.92 Å². The second kappa shape index (κ2) is 6.02. The fourth-order valence-electron chi connectivity index (χ4n) is 2.59. The quantitative estimate of drug-likeness (QED) is 0.812. The average Bonchev–Trinajstić information content (AvgIpc) is 3.22. The third-order valence-corrected chi connectivity index (χ3v) is 3.81. The average molecular weight is 295 g/mol. The Labute approximate surface area is 124 Å². The number of halogens is 1. The summed E-state index contributed by atoms with van der Waals surface area (Å²) in [4.78, 5) is 11.8. The molecule has 116 valence electrons. The van der Waals surface area contributed by atoms with Crippen molar-refractivity contribution in [1.82, 2.24) is 5.32 Å². The topological polar surface area (TPSA) is 58.6 Å². The van der Waals surface area contributed by atoms with Crippen molar-refractivity contribution in [2.45, 2.75) is 45.2 Å². The van der Waals surface area contributed by atoms with E-state index in [1.54, 1.807) is 6.07 Å². The van der Waals surface area contributed by atoms with Gasteiger partial charge in [-0.2, -0.15) is 0 Å². The van der Waals surface area contributed by atoms with Crippen LogP contribution >= 0.6 is 0 Å². The molecule has 1 aliphatic carbocycles. The smallest absolute Gasteiger partial charge is 0.327 e. The standard InChI is InChI=1S/C16H22FNO3/c1-10(2)18-16(15(19)20,12-5-6-12)9-21-14-8-13(17)7-4-11(14)3/h4,7-8,10,12,18H,5-6,9H2,1-3H3,(H,19,20). The number of hydrogen-bond acceptors (Lipinski definition) is 3. The molecule has 0 spiro atoms. The number of nitrogens with one attached hydrogen (secondary N) is 1. The SMILES string of the molecule is Cc1ccc(F)cc1OCC(NC(C)C)(C(=O)O)C1CC1. The van der Waals surface area contributed by atoms with Crippen LogP contribution in [0.2, 0.25) is 0 Å². The molecule has 0 aliphatic heterocycles. The molecule has 5 heteroatoms. The molecule has 21 heavy (non-hydrogen) atoms. The fraction of sp³-hybridized carbons (Fsp3) is 0.562. The van der Waals surface area contributed by atoms with E-state index in [0.29, 0.717) is 5.75 Å². The maximum atomic E-state index is 13.3. The summed E-state index contributed by atoms with van der Waals surface area (Å²) in [6, 6.07) is 4.31. The zero-order chi connectivity index (χ0) is 15.6. The van der Waals surface area contributed by atoms with Gasteiger partial charge < -0.3 is 9.84 Å². The second-order valence-corrected chi connectivity index (χ2v) is 6.05. The summed E-state index contributed by atoms with van der Waals surface area (Å²) in [5.41, 5.74) is -0.316. The predicted molar refractivity (Wildman–Crippen MR) is 78.0 cm³/mol. The van der Waals surface area contributed by atoms with Gasteiger partial charge in [-0.25, -0.2) is 4.39 Å². The molecule has 0 saturated heterocycles. The first-order chi connectivity index (χ1) is 9.85. The molecular weight excluding hydrogens is 273 g/mol. The molecule has 1 saturated carbocycles. The minimum Gasteiger partial charge on any atom is -0.491 e. The summed E-state index contributed by atoms with van der Waals surface area (Å²) in [5, 5.41) is 12.8. The van der Waals surface area contributed by atoms with Crippen LogP contribution in [0.3, 0.4) is 0 Å². The van der Waals surface area contributed by atoms with Gasteiger partial charge in [0.15, 0.2) is 5.54 Å². The molecule has 1 atom stereocenters. The Bertz CT molecular complexity index is 528. The van der Waals surface area contributed by atoms with E-state index >= 15 is 0 Å². The highest BCUT2D eigenvalue weighted by atomic mass is 19.1. The highest BCUT2D eigenvalue weighted by molar-refractivity contribution is 5.80. The molecule has 0 aromatic heterocycles. The first kappa shape index (κ1) is 15.8. The van der Waals surface area contributed by atoms with Crippen molar-refractivity contribution in [2.75, 3.05) is 6.61 Å². The summed E-state index contributed by atoms with van der Waals surface area (Å²) in [6.45, 7) is 5.63. The summed E-state index contributed by atoms with van der Waals surface area (Å²) >= 11 is 0. The molecule has 1 fully saturated rings. The van der Waals surface area contributed by atoms with Gasteiger partial charge >= 0.3 is 5.97 Å². The van der Waals surface area contributed by atoms with Crippen LogP contribution in [-0.2, 0) is 4.79 Å². The number of hydrogen-bond donors (Lipinski definition) is 2. The molecule has 4 nitrogen and oxygen atoms in total. The van der Waals surface area contributed by atoms with Crippen LogP contribution in [0, 0.1) is 18.7 Å². The number of carboxylic acids is 1. The molecule has 2 N–H and O–H groups in total. The van der Waals surface area contributed by atoms with E-state index in [2.05, 4.69) is 5.32 Å². The van der Waals surface area contributed by atoms with Gasteiger partial charge in [0.05, 0.1) is 0 Å². The van der Waals surface area contributed by atoms with Crippen molar-refractivity contribution in [1.29, 1.82) is 0 Å². The van der Waals surface area contributed by atoms with Crippen LogP contribution in [0.25, 0.3) is 0 Å². The van der Waals surface area contributed by atoms with Crippen LogP contribution in [0.15, 0.2) is 18.2 Å². The van der Waals surface area contributed by atoms with Crippen molar-refractivity contribution in [3.63, 3.8) is 0 Å². The first-order valence-electron chi connectivity index (χ1n) is 7.25. The number of aliphatic carboxylic acids is 1. The van der Waals surface area contributed by atoms with Gasteiger partial charge in [-0.1, -0.05) is 6.07 Å². The lowest BCUT2D eigenvalue weighted by atomic mass is 9.93. The maximum Gasteiger partial charge on any atom is 0.327 e. The number of carbonyl (C=O) groups is 1. The zero-order valence-electron chi connectivity index (χ0n) is 12.6. The molecular formula is C16H22FNO3. The molecule has 2 rings (SSSR count). The third-order valence-electron chi connectivity index (χ3n) is 3.81. The predicted octanol–water partition coefficient (Wildman–Crippen LogP) is 2.74. The first-order valence-corrected chi connectivity index (χ1v) is 7.25. The van der Waals surface area contributed by atoms with E-state index in [1.807, 2.05) is 20.8 Å². The summed E-state index contributed by atoms with van der Waals surface area (Å²) in [5.74, 6) is -0.842. The van der Waals surface area contributed by atoms with E-state index < -0.39 is 11.5 Å². The van der Waals surface area contributed by atoms with Gasteiger partial charge in [0.25, 0.3) is 0 Å². The Morgan fingerprint density at radius 3 is 2.71 bits per heavy atom. The lowest BCUT2D eigenvalue weighted by molar-refractivity contribution is -0.148. The van der Waals surface area contributed by atoms with Crippen LogP contribution in [0.5, 0.6) is 5.75 Å². The van der Waals surface area contributed by atoms with Gasteiger partial charge in [-0.3, -0.25) is 10.1 Å². The number of rotatable bonds is 7. The summed E-state index contributed by atoms with van der Waals surface area (Å²) in [6.07, 6.45) is 1.75. The minimum atomic E-state index is -1.10. The molecule has 0 radical (unpaired) electrons. The minimum absolute atomic E-state index is 0.00449. The molecule has 0 heterocycles. The Kier molecular flexibility index (Phi) is 4.52. The molecule has 1 aromatic carbocycles. The van der Waals surface area contributed by atoms with Crippen LogP contribution in [0.4, 0.5) is 4.39 Å². The Morgan fingerprint density at radius 1 is 1.52 bits per heavy atom. The van der Waals surface area contributed by atoms with Crippen molar-refractivity contribution >= 4 is 5.97 Å². The van der Waals surface area contributed by atoms with Gasteiger partial charge in [-0.15, -0.1) is 0 Å². The van der Waals surface area contributed by atoms with Crippen molar-refractivity contribution < 1.29 is 19.0 Å². The molecule has 1 aromatic rings. The largest absolute Gasteiger partial charge is 0.491 e. The van der Waals surface area contributed by atoms with Gasteiger partial charge in [-0.05, 0) is 51.2 Å². The Morgan fingerprint density at radius 2 is 2.19 bits per heavy atom. The van der Waals surface area contributed by atoms with Gasteiger partial charge in [0.1, 0.15) is 18.2 Å². The van der Waals surface area contributed by atoms with Gasteiger partial charge in [0, 0.05) is 12.1 Å². The third kappa shape index (κ3) is 3.53. The van der Waals surface area contributed by atoms with E-state index in [0.717, 1.165) is 18.4 Å². The highest BCUT2D eigenvalue weighted by Gasteiger charge is 2.52. The molecule has 0 amide bonds. The Hall–Kier alpha value is -1.62. The number of carboxylic acid groups (broad SMARTS) is 1. The second-order valence-electron chi connectivity index (χ2n) is 6.05. The van der Waals surface area contributed by atoms with Crippen LogP contribution in [0.1, 0.15) is 32.3 Å². The number of aryl methyl sites for hydroxylation is 1. The van der Waals surface area contributed by atoms with E-state index in [9.17, 15) is 14.3 Å². The molecule has 1 aliphatic rings. The zero-order valence-corrected chi connectivity index (χ0v) is 12.6. The monoisotopic (exact) mass is 295 g/mol. The lowest BCUT2D eigenvalue weighted by Crippen LogP contribution is -2.60. The number of benzene rings is 1. The molecule has 1 unspecified atom stereocenters. The normalized spacial score (nSPS) is 17.6. The van der Waals surface area contributed by atoms with Crippen molar-refractivity contribution in [3.05, 3.63) is 29.6 Å². The number of ether oxygens (including phenoxy) is 1. The summed E-state index contributed by atoms with van der Waals surface area (Å²) < 4.78 is 19.0. The molecule has 0 bridgehead atoms. The Balaban J connectivity index is 2.19. The summed E-state index contributed by atoms with van der Waals surface area (Å²) in [7, 11) is 0. The van der Waals surface area contributed by atoms with Crippen LogP contribution < -0.4 is 10.1 Å². The van der Waals surface area contributed by atoms with Crippen molar-refractivity contribution in [3.8, 4) is 5.75 Å². The van der Waals surface area contributed by atoms with E-state index in [-0.39, 0.29) is 24.4 Å². The maximum absolute atomic E-state index is 13.3. The van der Waals surface area contributed by atoms with E-state index in [1.165, 1.54) is 12.1 Å². The lowest BCUT2D eigenvalue weighted by Gasteiger charge is -2.32.